The van der Waals surface area contributed by atoms with Crippen LogP contribution in [-0.2, 0) is 14.4 Å². The number of carbonyl (C=O) groups excluding carboxylic acids is 3. The molecule has 0 aromatic carbocycles. The molecule has 5 N–H and O–H groups in total. The van der Waals surface area contributed by atoms with E-state index in [-0.39, 0.29) is 88.4 Å². The van der Waals surface area contributed by atoms with E-state index >= 15 is 0 Å². The maximum atomic E-state index is 13.2. The van der Waals surface area contributed by atoms with E-state index < -0.39 is 24.2 Å². The van der Waals surface area contributed by atoms with E-state index in [4.69, 9.17) is 5.53 Å². The summed E-state index contributed by atoms with van der Waals surface area (Å²) < 4.78 is 0. The van der Waals surface area contributed by atoms with Crippen molar-refractivity contribution in [3.63, 3.8) is 0 Å². The van der Waals surface area contributed by atoms with Crippen molar-refractivity contribution < 1.29 is 29.7 Å². The number of nitrogens with zero attached hydrogens (tertiary/aromatic N) is 4. The van der Waals surface area contributed by atoms with Gasteiger partial charge in [-0.15, -0.1) is 11.8 Å². The SMILES string of the molecule is CC1=C(C(=O)NCN=[N+]=[N-])N2C(=O)C(NC(=O)CC[C@@H](C)[C@H]3CC[C@H]4[C@@H]5C(O)C[C@@H]6C[C@H](O)CC[C@]6(C)C5C[C@H](O)[C@]34C)C2SC1. The molecule has 6 aliphatic rings. The number of β-lactam (4-membered cyclic amide) rings is 1. The second-order valence-electron chi connectivity index (χ2n) is 15.5. The first-order valence-electron chi connectivity index (χ1n) is 17.1. The molecule has 0 spiro atoms. The summed E-state index contributed by atoms with van der Waals surface area (Å²) in [7, 11) is 0. The number of nitrogens with one attached hydrogen (secondary N) is 2. The van der Waals surface area contributed by atoms with Crippen LogP contribution in [0.3, 0.4) is 0 Å². The minimum absolute atomic E-state index is 0.0311. The Hall–Kier alpha value is -2.31. The van der Waals surface area contributed by atoms with E-state index in [2.05, 4.69) is 41.4 Å². The van der Waals surface area contributed by atoms with E-state index in [1.165, 1.54) is 16.7 Å². The Labute approximate surface area is 275 Å². The third-order valence-corrected chi connectivity index (χ3v) is 14.8. The molecule has 1 saturated heterocycles. The van der Waals surface area contributed by atoms with E-state index in [9.17, 15) is 29.7 Å². The molecule has 13 heteroatoms. The molecular formula is C33H50N6O6S. The van der Waals surface area contributed by atoms with Gasteiger partial charge >= 0.3 is 0 Å². The predicted molar refractivity (Wildman–Crippen MR) is 172 cm³/mol. The number of hydrogen-bond donors (Lipinski definition) is 5. The lowest BCUT2D eigenvalue weighted by molar-refractivity contribution is -0.207. The minimum Gasteiger partial charge on any atom is -0.393 e. The molecule has 6 rings (SSSR count). The Kier molecular flexibility index (Phi) is 9.21. The molecule has 0 radical (unpaired) electrons. The first kappa shape index (κ1) is 33.6. The van der Waals surface area contributed by atoms with E-state index in [1.54, 1.807) is 6.92 Å². The van der Waals surface area contributed by atoms with Crippen molar-refractivity contribution >= 4 is 29.5 Å². The molecule has 4 saturated carbocycles. The average Bonchev–Trinajstić information content (AvgIpc) is 3.38. The maximum Gasteiger partial charge on any atom is 0.268 e. The Balaban J connectivity index is 1.06. The zero-order valence-corrected chi connectivity index (χ0v) is 28.2. The summed E-state index contributed by atoms with van der Waals surface area (Å²) in [6.45, 7) is 8.30. The van der Waals surface area contributed by atoms with Gasteiger partial charge in [-0.05, 0) is 116 Å². The van der Waals surface area contributed by atoms with E-state index in [1.807, 2.05) is 0 Å². The van der Waals surface area contributed by atoms with Crippen LogP contribution < -0.4 is 10.6 Å². The number of thioether (sulfide) groups is 1. The van der Waals surface area contributed by atoms with Crippen LogP contribution in [0.15, 0.2) is 16.4 Å². The molecule has 2 heterocycles. The zero-order valence-electron chi connectivity index (χ0n) is 27.4. The van der Waals surface area contributed by atoms with Gasteiger partial charge in [-0.3, -0.25) is 19.3 Å². The Morgan fingerprint density at radius 1 is 1.15 bits per heavy atom. The summed E-state index contributed by atoms with van der Waals surface area (Å²) >= 11 is 1.51. The van der Waals surface area contributed by atoms with Crippen LogP contribution in [0, 0.1) is 46.3 Å². The van der Waals surface area contributed by atoms with E-state index in [0.717, 1.165) is 44.1 Å². The Morgan fingerprint density at radius 3 is 2.65 bits per heavy atom. The summed E-state index contributed by atoms with van der Waals surface area (Å²) in [5.74, 6) is 0.843. The molecule has 3 amide bonds. The third-order valence-electron chi connectivity index (χ3n) is 13.4. The fourth-order valence-electron chi connectivity index (χ4n) is 11.0. The van der Waals surface area contributed by atoms with Gasteiger partial charge in [-0.2, -0.15) is 0 Å². The van der Waals surface area contributed by atoms with Gasteiger partial charge in [0.25, 0.3) is 11.8 Å². The standard InChI is InChI=1S/C33H50N6O6S/c1-16(5-8-25(43)37-27-30(45)39-28(17(2)14-46-31(27)39)29(44)35-15-36-38-34)20-6-7-21-26-22(13-24(42)33(20,21)4)32(3)10-9-19(40)11-18(32)12-23(26)41/h16,18-24,26-27,31,40-42H,5-15H2,1-4H3,(H,35,44)(H,37,43)/t16-,18+,19-,20-,21+,22?,23?,24+,26+,27?,31?,32+,33-/m1/s1. The van der Waals surface area contributed by atoms with Crippen molar-refractivity contribution in [1.29, 1.82) is 0 Å². The van der Waals surface area contributed by atoms with Gasteiger partial charge in [0.05, 0.1) is 25.0 Å². The van der Waals surface area contributed by atoms with Crippen molar-refractivity contribution in [1.82, 2.24) is 15.5 Å². The fraction of sp³-hybridized carbons (Fsp3) is 0.848. The molecular weight excluding hydrogens is 608 g/mol. The summed E-state index contributed by atoms with van der Waals surface area (Å²) in [4.78, 5) is 43.0. The Morgan fingerprint density at radius 2 is 1.91 bits per heavy atom. The molecule has 2 aliphatic heterocycles. The van der Waals surface area contributed by atoms with Crippen LogP contribution >= 0.6 is 11.8 Å². The highest BCUT2D eigenvalue weighted by Crippen LogP contribution is 2.68. The summed E-state index contributed by atoms with van der Waals surface area (Å²) in [5.41, 5.74) is 9.19. The van der Waals surface area contributed by atoms with Gasteiger partial charge < -0.3 is 26.0 Å². The van der Waals surface area contributed by atoms with Crippen molar-refractivity contribution in [2.75, 3.05) is 12.4 Å². The second-order valence-corrected chi connectivity index (χ2v) is 16.6. The number of rotatable bonds is 8. The zero-order chi connectivity index (χ0) is 33.1. The number of hydrogen-bond acceptors (Lipinski definition) is 8. The van der Waals surface area contributed by atoms with Gasteiger partial charge in [0.2, 0.25) is 5.91 Å². The number of amides is 3. The molecule has 46 heavy (non-hydrogen) atoms. The normalized spacial score (nSPS) is 43.6. The molecule has 13 atom stereocenters. The monoisotopic (exact) mass is 658 g/mol. The van der Waals surface area contributed by atoms with Crippen molar-refractivity contribution in [3.8, 4) is 0 Å². The predicted octanol–water partition coefficient (Wildman–Crippen LogP) is 3.42. The van der Waals surface area contributed by atoms with Crippen LogP contribution in [0.1, 0.15) is 85.5 Å². The molecule has 5 fully saturated rings. The fourth-order valence-corrected chi connectivity index (χ4v) is 12.2. The first-order chi connectivity index (χ1) is 21.8. The van der Waals surface area contributed by atoms with Crippen LogP contribution in [0.5, 0.6) is 0 Å². The largest absolute Gasteiger partial charge is 0.393 e. The highest BCUT2D eigenvalue weighted by atomic mass is 32.2. The summed E-state index contributed by atoms with van der Waals surface area (Å²) in [6, 6.07) is -0.704. The molecule has 4 aliphatic carbocycles. The Bertz CT molecular complexity index is 1340. The maximum absolute atomic E-state index is 13.2. The summed E-state index contributed by atoms with van der Waals surface area (Å²) in [6.07, 6.45) is 5.52. The average molecular weight is 659 g/mol. The third kappa shape index (κ3) is 5.34. The number of azide groups is 1. The van der Waals surface area contributed by atoms with E-state index in [0.29, 0.717) is 18.6 Å². The highest BCUT2D eigenvalue weighted by molar-refractivity contribution is 8.00. The van der Waals surface area contributed by atoms with Crippen LogP contribution in [0.2, 0.25) is 0 Å². The quantitative estimate of drug-likeness (QED) is 0.114. The number of carbonyl (C=O) groups is 3. The summed E-state index contributed by atoms with van der Waals surface area (Å²) in [5, 5.41) is 42.1. The molecule has 0 bridgehead atoms. The highest BCUT2D eigenvalue weighted by Gasteiger charge is 2.65. The second kappa shape index (κ2) is 12.6. The van der Waals surface area contributed by atoms with Gasteiger partial charge in [-0.25, -0.2) is 0 Å². The van der Waals surface area contributed by atoms with Gasteiger partial charge in [0, 0.05) is 17.1 Å². The lowest BCUT2D eigenvalue weighted by Crippen LogP contribution is -2.70. The number of aliphatic hydroxyl groups excluding tert-OH is 3. The number of fused-ring (bicyclic) bond motifs is 6. The lowest BCUT2D eigenvalue weighted by Gasteiger charge is -2.63. The first-order valence-corrected chi connectivity index (χ1v) is 18.1. The molecule has 0 aromatic heterocycles. The van der Waals surface area contributed by atoms with Crippen molar-refractivity contribution in [3.05, 3.63) is 21.7 Å². The molecule has 12 nitrogen and oxygen atoms in total. The van der Waals surface area contributed by atoms with Crippen LogP contribution in [-0.4, -0.2) is 80.1 Å². The van der Waals surface area contributed by atoms with Crippen LogP contribution in [0.25, 0.3) is 10.4 Å². The van der Waals surface area contributed by atoms with Gasteiger partial charge in [0.1, 0.15) is 17.1 Å². The molecule has 254 valence electrons. The minimum atomic E-state index is -0.704. The van der Waals surface area contributed by atoms with Gasteiger partial charge in [-0.1, -0.05) is 25.9 Å². The molecule has 4 unspecified atom stereocenters. The molecule has 0 aromatic rings. The van der Waals surface area contributed by atoms with Crippen molar-refractivity contribution in [2.45, 2.75) is 115 Å². The number of aliphatic hydroxyl groups is 3. The van der Waals surface area contributed by atoms with Crippen molar-refractivity contribution in [2.24, 2.45) is 51.5 Å². The van der Waals surface area contributed by atoms with Gasteiger partial charge in [0.15, 0.2) is 0 Å². The smallest absolute Gasteiger partial charge is 0.268 e. The lowest BCUT2D eigenvalue weighted by atomic mass is 9.43. The van der Waals surface area contributed by atoms with Crippen LogP contribution in [0.4, 0.5) is 0 Å². The topological polar surface area (TPSA) is 188 Å².